The van der Waals surface area contributed by atoms with Gasteiger partial charge in [0, 0.05) is 23.5 Å². The SMILES string of the molecule is O=C(O)CC1CCCN1C(=O)CCc1cc(F)ccc1Br. The molecule has 1 aliphatic heterocycles. The van der Waals surface area contributed by atoms with Crippen molar-refractivity contribution >= 4 is 27.8 Å². The van der Waals surface area contributed by atoms with Crippen molar-refractivity contribution in [1.29, 1.82) is 0 Å². The Balaban J connectivity index is 1.95. The minimum atomic E-state index is -0.882. The number of amides is 1. The van der Waals surface area contributed by atoms with Crippen LogP contribution in [0.4, 0.5) is 4.39 Å². The van der Waals surface area contributed by atoms with E-state index < -0.39 is 5.97 Å². The Bertz CT molecular complexity index is 550. The lowest BCUT2D eigenvalue weighted by atomic mass is 10.1. The number of rotatable bonds is 5. The number of hydrogen-bond acceptors (Lipinski definition) is 2. The van der Waals surface area contributed by atoms with Crippen molar-refractivity contribution in [3.05, 3.63) is 34.1 Å². The van der Waals surface area contributed by atoms with Gasteiger partial charge in [0.05, 0.1) is 6.42 Å². The molecule has 0 aliphatic carbocycles. The Kier molecular flexibility index (Phi) is 5.33. The first-order chi connectivity index (χ1) is 9.97. The van der Waals surface area contributed by atoms with E-state index in [-0.39, 0.29) is 30.6 Å². The second-order valence-electron chi connectivity index (χ2n) is 5.22. The van der Waals surface area contributed by atoms with E-state index in [1.807, 2.05) is 0 Å². The van der Waals surface area contributed by atoms with Gasteiger partial charge in [-0.3, -0.25) is 9.59 Å². The Labute approximate surface area is 131 Å². The first-order valence-electron chi connectivity index (χ1n) is 6.92. The van der Waals surface area contributed by atoms with Gasteiger partial charge in [0.1, 0.15) is 5.82 Å². The summed E-state index contributed by atoms with van der Waals surface area (Å²) >= 11 is 3.34. The topological polar surface area (TPSA) is 57.6 Å². The summed E-state index contributed by atoms with van der Waals surface area (Å²) in [5, 5.41) is 8.86. The van der Waals surface area contributed by atoms with E-state index >= 15 is 0 Å². The largest absolute Gasteiger partial charge is 0.481 e. The van der Waals surface area contributed by atoms with Crippen molar-refractivity contribution in [3.63, 3.8) is 0 Å². The van der Waals surface area contributed by atoms with Gasteiger partial charge in [0.15, 0.2) is 0 Å². The lowest BCUT2D eigenvalue weighted by Crippen LogP contribution is -2.36. The van der Waals surface area contributed by atoms with Crippen LogP contribution >= 0.6 is 15.9 Å². The van der Waals surface area contributed by atoms with E-state index in [0.29, 0.717) is 13.0 Å². The van der Waals surface area contributed by atoms with Crippen LogP contribution in [0.2, 0.25) is 0 Å². The van der Waals surface area contributed by atoms with Gasteiger partial charge >= 0.3 is 5.97 Å². The van der Waals surface area contributed by atoms with Gasteiger partial charge in [-0.15, -0.1) is 0 Å². The molecule has 0 spiro atoms. The predicted molar refractivity (Wildman–Crippen MR) is 79.4 cm³/mol. The van der Waals surface area contributed by atoms with Crippen LogP contribution in [0, 0.1) is 5.82 Å². The summed E-state index contributed by atoms with van der Waals surface area (Å²) in [6.45, 7) is 0.612. The Morgan fingerprint density at radius 3 is 2.90 bits per heavy atom. The van der Waals surface area contributed by atoms with Crippen LogP contribution in [0.1, 0.15) is 31.2 Å². The number of carboxylic acids is 1. The lowest BCUT2D eigenvalue weighted by Gasteiger charge is -2.23. The number of aryl methyl sites for hydroxylation is 1. The van der Waals surface area contributed by atoms with Crippen molar-refractivity contribution in [2.45, 2.75) is 38.1 Å². The van der Waals surface area contributed by atoms with Gasteiger partial charge in [-0.25, -0.2) is 4.39 Å². The average molecular weight is 358 g/mol. The number of hydrogen-bond donors (Lipinski definition) is 1. The number of aliphatic carboxylic acids is 1. The molecule has 1 fully saturated rings. The molecule has 114 valence electrons. The molecule has 1 amide bonds. The van der Waals surface area contributed by atoms with Gasteiger partial charge in [0.25, 0.3) is 0 Å². The second kappa shape index (κ2) is 7.02. The summed E-state index contributed by atoms with van der Waals surface area (Å²) in [4.78, 5) is 24.7. The third-order valence-electron chi connectivity index (χ3n) is 3.72. The number of likely N-dealkylation sites (tertiary alicyclic amines) is 1. The highest BCUT2D eigenvalue weighted by atomic mass is 79.9. The molecule has 4 nitrogen and oxygen atoms in total. The number of carboxylic acid groups (broad SMARTS) is 1. The molecule has 0 saturated carbocycles. The Hall–Kier alpha value is -1.43. The molecular weight excluding hydrogens is 341 g/mol. The smallest absolute Gasteiger partial charge is 0.305 e. The fourth-order valence-electron chi connectivity index (χ4n) is 2.70. The van der Waals surface area contributed by atoms with Gasteiger partial charge < -0.3 is 10.0 Å². The Morgan fingerprint density at radius 2 is 2.19 bits per heavy atom. The molecule has 1 aromatic rings. The van der Waals surface area contributed by atoms with E-state index in [2.05, 4.69) is 15.9 Å². The molecular formula is C15H17BrFNO3. The number of carbonyl (C=O) groups excluding carboxylic acids is 1. The quantitative estimate of drug-likeness (QED) is 0.881. The van der Waals surface area contributed by atoms with Crippen LogP contribution in [0.25, 0.3) is 0 Å². The summed E-state index contributed by atoms with van der Waals surface area (Å²) in [5.41, 5.74) is 0.748. The number of benzene rings is 1. The van der Waals surface area contributed by atoms with E-state index in [1.54, 1.807) is 11.0 Å². The van der Waals surface area contributed by atoms with Crippen LogP contribution in [0.15, 0.2) is 22.7 Å². The molecule has 6 heteroatoms. The van der Waals surface area contributed by atoms with Crippen molar-refractivity contribution in [2.75, 3.05) is 6.54 Å². The van der Waals surface area contributed by atoms with Crippen LogP contribution in [-0.4, -0.2) is 34.5 Å². The third kappa shape index (κ3) is 4.27. The normalized spacial score (nSPS) is 18.0. The van der Waals surface area contributed by atoms with E-state index in [9.17, 15) is 14.0 Å². The lowest BCUT2D eigenvalue weighted by molar-refractivity contribution is -0.139. The van der Waals surface area contributed by atoms with Crippen molar-refractivity contribution in [2.24, 2.45) is 0 Å². The maximum Gasteiger partial charge on any atom is 0.305 e. The van der Waals surface area contributed by atoms with Gasteiger partial charge in [-0.1, -0.05) is 15.9 Å². The molecule has 21 heavy (non-hydrogen) atoms. The van der Waals surface area contributed by atoms with Crippen LogP contribution in [-0.2, 0) is 16.0 Å². The maximum absolute atomic E-state index is 13.2. The first-order valence-corrected chi connectivity index (χ1v) is 7.72. The van der Waals surface area contributed by atoms with Crippen LogP contribution in [0.3, 0.4) is 0 Å². The van der Waals surface area contributed by atoms with Gasteiger partial charge in [0.2, 0.25) is 5.91 Å². The summed E-state index contributed by atoms with van der Waals surface area (Å²) in [7, 11) is 0. The number of nitrogens with zero attached hydrogens (tertiary/aromatic N) is 1. The molecule has 1 atom stereocenters. The maximum atomic E-state index is 13.2. The minimum Gasteiger partial charge on any atom is -0.481 e. The average Bonchev–Trinajstić information content (AvgIpc) is 2.86. The highest BCUT2D eigenvalue weighted by Crippen LogP contribution is 2.23. The number of halogens is 2. The molecule has 1 unspecified atom stereocenters. The van der Waals surface area contributed by atoms with E-state index in [0.717, 1.165) is 22.9 Å². The molecule has 0 bridgehead atoms. The molecule has 1 aromatic carbocycles. The van der Waals surface area contributed by atoms with Crippen molar-refractivity contribution in [1.82, 2.24) is 4.90 Å². The monoisotopic (exact) mass is 357 g/mol. The summed E-state index contributed by atoms with van der Waals surface area (Å²) in [6.07, 6.45) is 2.27. The van der Waals surface area contributed by atoms with Crippen LogP contribution in [0.5, 0.6) is 0 Å². The zero-order chi connectivity index (χ0) is 15.4. The second-order valence-corrected chi connectivity index (χ2v) is 6.07. The highest BCUT2D eigenvalue weighted by molar-refractivity contribution is 9.10. The summed E-state index contributed by atoms with van der Waals surface area (Å²) in [5.74, 6) is -1.27. The van der Waals surface area contributed by atoms with Crippen LogP contribution < -0.4 is 0 Å². The zero-order valence-corrected chi connectivity index (χ0v) is 13.1. The zero-order valence-electron chi connectivity index (χ0n) is 11.5. The predicted octanol–water partition coefficient (Wildman–Crippen LogP) is 2.99. The molecule has 1 aliphatic rings. The summed E-state index contributed by atoms with van der Waals surface area (Å²) in [6, 6.07) is 4.19. The molecule has 0 radical (unpaired) electrons. The molecule has 1 saturated heterocycles. The standard InChI is InChI=1S/C15H17BrFNO3/c16-13-5-4-11(17)8-10(13)3-6-14(19)18-7-1-2-12(18)9-15(20)21/h4-5,8,12H,1-3,6-7,9H2,(H,20,21). The van der Waals surface area contributed by atoms with Gasteiger partial charge in [-0.2, -0.15) is 0 Å². The van der Waals surface area contributed by atoms with Gasteiger partial charge in [-0.05, 0) is 43.0 Å². The minimum absolute atomic E-state index is 0.00456. The van der Waals surface area contributed by atoms with Crippen molar-refractivity contribution < 1.29 is 19.1 Å². The van der Waals surface area contributed by atoms with E-state index in [1.165, 1.54) is 12.1 Å². The molecule has 0 aromatic heterocycles. The fraction of sp³-hybridized carbons (Fsp3) is 0.467. The first kappa shape index (κ1) is 15.9. The molecule has 1 N–H and O–H groups in total. The fourth-order valence-corrected chi connectivity index (χ4v) is 3.14. The molecule has 2 rings (SSSR count). The van der Waals surface area contributed by atoms with E-state index in [4.69, 9.17) is 5.11 Å². The highest BCUT2D eigenvalue weighted by Gasteiger charge is 2.29. The molecule has 1 heterocycles. The van der Waals surface area contributed by atoms with Crippen molar-refractivity contribution in [3.8, 4) is 0 Å². The third-order valence-corrected chi connectivity index (χ3v) is 4.50. The Morgan fingerprint density at radius 1 is 1.43 bits per heavy atom. The number of carbonyl (C=O) groups is 2. The summed E-state index contributed by atoms with van der Waals surface area (Å²) < 4.78 is 14.0.